The van der Waals surface area contributed by atoms with Crippen molar-refractivity contribution in [2.75, 3.05) is 13.9 Å². The van der Waals surface area contributed by atoms with E-state index in [1.165, 1.54) is 27.9 Å². The van der Waals surface area contributed by atoms with Crippen LogP contribution in [0.15, 0.2) is 0 Å². The lowest BCUT2D eigenvalue weighted by atomic mass is 9.91. The highest BCUT2D eigenvalue weighted by molar-refractivity contribution is 5.68. The zero-order chi connectivity index (χ0) is 18.6. The summed E-state index contributed by atoms with van der Waals surface area (Å²) in [6.07, 6.45) is -1.80. The van der Waals surface area contributed by atoms with Crippen molar-refractivity contribution < 1.29 is 42.8 Å². The summed E-state index contributed by atoms with van der Waals surface area (Å²) in [6.45, 7) is 3.71. The zero-order valence-electron chi connectivity index (χ0n) is 14.8. The topological polar surface area (TPSA) is 107 Å². The first-order valence-electron chi connectivity index (χ1n) is 8.10. The molecular formula is C16H24O9. The van der Waals surface area contributed by atoms with Gasteiger partial charge in [-0.05, 0) is 19.3 Å². The van der Waals surface area contributed by atoms with Gasteiger partial charge in [0.2, 0.25) is 12.4 Å². The molecule has 5 atom stereocenters. The minimum Gasteiger partial charge on any atom is -0.455 e. The Morgan fingerprint density at radius 3 is 2.24 bits per heavy atom. The normalized spacial score (nSPS) is 34.1. The zero-order valence-corrected chi connectivity index (χ0v) is 14.8. The van der Waals surface area contributed by atoms with E-state index in [4.69, 9.17) is 28.4 Å². The largest absolute Gasteiger partial charge is 0.455 e. The van der Waals surface area contributed by atoms with E-state index >= 15 is 0 Å². The van der Waals surface area contributed by atoms with E-state index < -0.39 is 48.1 Å². The molecule has 0 amide bonds. The van der Waals surface area contributed by atoms with Crippen molar-refractivity contribution in [3.8, 4) is 0 Å². The lowest BCUT2D eigenvalue weighted by Gasteiger charge is -2.35. The van der Waals surface area contributed by atoms with Crippen LogP contribution in [0.1, 0.15) is 40.0 Å². The molecule has 25 heavy (non-hydrogen) atoms. The molecule has 1 heterocycles. The summed E-state index contributed by atoms with van der Waals surface area (Å²) >= 11 is 0. The number of rotatable bonds is 6. The number of methoxy groups -OCH3 is 1. The van der Waals surface area contributed by atoms with Crippen molar-refractivity contribution in [3.63, 3.8) is 0 Å². The maximum atomic E-state index is 11.6. The molecule has 1 saturated carbocycles. The predicted molar refractivity (Wildman–Crippen MR) is 81.1 cm³/mol. The van der Waals surface area contributed by atoms with E-state index in [9.17, 15) is 14.4 Å². The summed E-state index contributed by atoms with van der Waals surface area (Å²) in [5.41, 5.74) is -1.08. The fraction of sp³-hybridized carbons (Fsp3) is 0.812. The molecule has 0 aromatic carbocycles. The maximum absolute atomic E-state index is 11.6. The highest BCUT2D eigenvalue weighted by Gasteiger charge is 2.65. The van der Waals surface area contributed by atoms with E-state index in [2.05, 4.69) is 0 Å². The molecular weight excluding hydrogens is 336 g/mol. The first kappa shape index (κ1) is 19.6. The smallest absolute Gasteiger partial charge is 0.305 e. The SMILES string of the molecule is COCO[C@H]1CCCC12OC(OC(C)=O)C(OC(C)=O)C2OC(C)=O. The molecule has 0 aromatic rings. The Labute approximate surface area is 145 Å². The van der Waals surface area contributed by atoms with Crippen LogP contribution in [-0.2, 0) is 42.8 Å². The first-order chi connectivity index (χ1) is 11.8. The number of hydrogen-bond donors (Lipinski definition) is 0. The van der Waals surface area contributed by atoms with Crippen LogP contribution in [0.25, 0.3) is 0 Å². The molecule has 1 aliphatic carbocycles. The number of carbonyl (C=O) groups excluding carboxylic acids is 3. The average molecular weight is 360 g/mol. The lowest BCUT2D eigenvalue weighted by molar-refractivity contribution is -0.227. The van der Waals surface area contributed by atoms with Crippen LogP contribution < -0.4 is 0 Å². The Balaban J connectivity index is 2.36. The van der Waals surface area contributed by atoms with E-state index in [0.717, 1.165) is 6.42 Å². The Kier molecular flexibility index (Phi) is 6.36. The van der Waals surface area contributed by atoms with Gasteiger partial charge in [-0.1, -0.05) is 0 Å². The van der Waals surface area contributed by atoms with Gasteiger partial charge >= 0.3 is 17.9 Å². The number of esters is 3. The average Bonchev–Trinajstić information content (AvgIpc) is 3.01. The molecule has 142 valence electrons. The molecule has 2 rings (SSSR count). The molecule has 1 spiro atoms. The van der Waals surface area contributed by atoms with Crippen molar-refractivity contribution >= 4 is 17.9 Å². The quantitative estimate of drug-likeness (QED) is 0.384. The summed E-state index contributed by atoms with van der Waals surface area (Å²) in [6, 6.07) is 0. The van der Waals surface area contributed by atoms with Gasteiger partial charge in [-0.3, -0.25) is 14.4 Å². The standard InChI is InChI=1S/C16H24O9/c1-9(17)22-13-14(23-10(2)18)16(25-15(13)24-11(3)19)7-5-6-12(16)21-8-20-4/h12-15H,5-8H2,1-4H3/t12-,13?,14?,15?,16?/m0/s1. The minimum absolute atomic E-state index is 0.0268. The van der Waals surface area contributed by atoms with Crippen LogP contribution in [0.5, 0.6) is 0 Å². The predicted octanol–water partition coefficient (Wildman–Crippen LogP) is 0.681. The summed E-state index contributed by atoms with van der Waals surface area (Å²) in [5.74, 6) is -1.77. The van der Waals surface area contributed by atoms with Gasteiger partial charge in [0.1, 0.15) is 12.4 Å². The van der Waals surface area contributed by atoms with Crippen molar-refractivity contribution in [1.82, 2.24) is 0 Å². The van der Waals surface area contributed by atoms with Crippen molar-refractivity contribution in [1.29, 1.82) is 0 Å². The molecule has 9 heteroatoms. The number of carbonyl (C=O) groups is 3. The van der Waals surface area contributed by atoms with Crippen molar-refractivity contribution in [2.45, 2.75) is 70.2 Å². The van der Waals surface area contributed by atoms with Gasteiger partial charge in [0, 0.05) is 27.9 Å². The molecule has 1 saturated heterocycles. The van der Waals surface area contributed by atoms with E-state index in [-0.39, 0.29) is 6.79 Å². The Morgan fingerprint density at radius 1 is 1.04 bits per heavy atom. The summed E-state index contributed by atoms with van der Waals surface area (Å²) in [4.78, 5) is 34.6. The fourth-order valence-corrected chi connectivity index (χ4v) is 3.48. The van der Waals surface area contributed by atoms with E-state index in [1.54, 1.807) is 0 Å². The van der Waals surface area contributed by atoms with Crippen LogP contribution in [-0.4, -0.2) is 62.0 Å². The van der Waals surface area contributed by atoms with Gasteiger partial charge in [-0.2, -0.15) is 0 Å². The summed E-state index contributed by atoms with van der Waals surface area (Å²) in [7, 11) is 1.49. The molecule has 0 aromatic heterocycles. The van der Waals surface area contributed by atoms with E-state index in [0.29, 0.717) is 12.8 Å². The van der Waals surface area contributed by atoms with Crippen LogP contribution >= 0.6 is 0 Å². The molecule has 0 radical (unpaired) electrons. The highest BCUT2D eigenvalue weighted by atomic mass is 16.8. The third kappa shape index (κ3) is 4.28. The Hall–Kier alpha value is -1.71. The van der Waals surface area contributed by atoms with Crippen LogP contribution in [0.2, 0.25) is 0 Å². The van der Waals surface area contributed by atoms with Gasteiger partial charge in [0.25, 0.3) is 0 Å². The molecule has 1 aliphatic heterocycles. The molecule has 0 bridgehead atoms. The number of ether oxygens (including phenoxy) is 6. The maximum Gasteiger partial charge on any atom is 0.305 e. The Morgan fingerprint density at radius 2 is 1.68 bits per heavy atom. The third-order valence-electron chi connectivity index (χ3n) is 4.23. The molecule has 2 fully saturated rings. The first-order valence-corrected chi connectivity index (χ1v) is 8.10. The third-order valence-corrected chi connectivity index (χ3v) is 4.23. The van der Waals surface area contributed by atoms with Gasteiger partial charge in [0.15, 0.2) is 6.10 Å². The van der Waals surface area contributed by atoms with Gasteiger partial charge in [0.05, 0.1) is 6.10 Å². The molecule has 2 aliphatic rings. The number of hydrogen-bond acceptors (Lipinski definition) is 9. The fourth-order valence-electron chi connectivity index (χ4n) is 3.48. The van der Waals surface area contributed by atoms with Gasteiger partial charge in [-0.25, -0.2) is 0 Å². The minimum atomic E-state index is -1.18. The molecule has 9 nitrogen and oxygen atoms in total. The van der Waals surface area contributed by atoms with Gasteiger partial charge in [-0.15, -0.1) is 0 Å². The van der Waals surface area contributed by atoms with Gasteiger partial charge < -0.3 is 28.4 Å². The lowest BCUT2D eigenvalue weighted by Crippen LogP contribution is -2.52. The van der Waals surface area contributed by atoms with Crippen molar-refractivity contribution in [2.24, 2.45) is 0 Å². The second-order valence-corrected chi connectivity index (χ2v) is 6.11. The van der Waals surface area contributed by atoms with Crippen molar-refractivity contribution in [3.05, 3.63) is 0 Å². The van der Waals surface area contributed by atoms with Crippen LogP contribution in [0.3, 0.4) is 0 Å². The van der Waals surface area contributed by atoms with E-state index in [1.807, 2.05) is 0 Å². The summed E-state index contributed by atoms with van der Waals surface area (Å²) in [5, 5.41) is 0. The second kappa shape index (κ2) is 8.11. The second-order valence-electron chi connectivity index (χ2n) is 6.11. The Bertz CT molecular complexity index is 520. The van der Waals surface area contributed by atoms with Crippen LogP contribution in [0.4, 0.5) is 0 Å². The molecule has 0 N–H and O–H groups in total. The summed E-state index contributed by atoms with van der Waals surface area (Å²) < 4.78 is 32.5. The molecule has 4 unspecified atom stereocenters. The monoisotopic (exact) mass is 360 g/mol. The van der Waals surface area contributed by atoms with Crippen LogP contribution in [0, 0.1) is 0 Å². The highest BCUT2D eigenvalue weighted by Crippen LogP contribution is 2.48.